The molecule has 102 valence electrons. The summed E-state index contributed by atoms with van der Waals surface area (Å²) >= 11 is 8.98. The molecule has 3 rings (SSSR count). The highest BCUT2D eigenvalue weighted by Crippen LogP contribution is 2.25. The molecule has 0 aliphatic rings. The fourth-order valence-corrected chi connectivity index (χ4v) is 2.91. The summed E-state index contributed by atoms with van der Waals surface area (Å²) in [7, 11) is 4.06. The maximum atomic E-state index is 5.47. The first-order chi connectivity index (χ1) is 9.56. The molecule has 0 bridgehead atoms. The van der Waals surface area contributed by atoms with Crippen molar-refractivity contribution in [3.8, 4) is 5.69 Å². The molecule has 0 saturated heterocycles. The van der Waals surface area contributed by atoms with E-state index in [0.717, 1.165) is 26.9 Å². The van der Waals surface area contributed by atoms with Crippen molar-refractivity contribution in [2.45, 2.75) is 0 Å². The first kappa shape index (κ1) is 13.4. The summed E-state index contributed by atoms with van der Waals surface area (Å²) in [6.45, 7) is 0. The highest BCUT2D eigenvalue weighted by atomic mass is 79.9. The van der Waals surface area contributed by atoms with Crippen molar-refractivity contribution in [1.82, 2.24) is 9.55 Å². The number of aromatic nitrogens is 2. The van der Waals surface area contributed by atoms with E-state index in [2.05, 4.69) is 54.6 Å². The number of benzene rings is 2. The lowest BCUT2D eigenvalue weighted by Crippen LogP contribution is -2.09. The maximum absolute atomic E-state index is 5.47. The van der Waals surface area contributed by atoms with E-state index in [1.165, 1.54) is 0 Å². The molecule has 1 aromatic heterocycles. The molecule has 0 aliphatic heterocycles. The second-order valence-electron chi connectivity index (χ2n) is 4.84. The van der Waals surface area contributed by atoms with E-state index in [0.29, 0.717) is 4.77 Å². The quantitative estimate of drug-likeness (QED) is 0.689. The number of aromatic amines is 1. The molecule has 0 atom stereocenters. The summed E-state index contributed by atoms with van der Waals surface area (Å²) in [6.07, 6.45) is 0. The second-order valence-corrected chi connectivity index (χ2v) is 6.14. The van der Waals surface area contributed by atoms with Crippen LogP contribution in [0.25, 0.3) is 16.7 Å². The Kier molecular flexibility index (Phi) is 3.40. The monoisotopic (exact) mass is 347 g/mol. The van der Waals surface area contributed by atoms with Crippen molar-refractivity contribution in [3.05, 3.63) is 51.7 Å². The van der Waals surface area contributed by atoms with Crippen molar-refractivity contribution >= 4 is 44.9 Å². The van der Waals surface area contributed by atoms with Crippen LogP contribution >= 0.6 is 28.1 Å². The van der Waals surface area contributed by atoms with Gasteiger partial charge in [0, 0.05) is 24.3 Å². The minimum absolute atomic E-state index is 0.703. The highest BCUT2D eigenvalue weighted by molar-refractivity contribution is 9.10. The molecule has 0 radical (unpaired) electrons. The average molecular weight is 348 g/mol. The molecule has 1 N–H and O–H groups in total. The zero-order valence-electron chi connectivity index (χ0n) is 11.2. The zero-order chi connectivity index (χ0) is 14.3. The topological polar surface area (TPSA) is 24.0 Å². The fourth-order valence-electron chi connectivity index (χ4n) is 2.24. The maximum Gasteiger partial charge on any atom is 0.182 e. The van der Waals surface area contributed by atoms with E-state index in [1.807, 2.05) is 32.3 Å². The third kappa shape index (κ3) is 2.27. The van der Waals surface area contributed by atoms with Gasteiger partial charge < -0.3 is 9.88 Å². The van der Waals surface area contributed by atoms with Gasteiger partial charge in [-0.2, -0.15) is 0 Å². The van der Waals surface area contributed by atoms with Crippen molar-refractivity contribution in [2.24, 2.45) is 0 Å². The van der Waals surface area contributed by atoms with Gasteiger partial charge >= 0.3 is 0 Å². The van der Waals surface area contributed by atoms with Gasteiger partial charge in [-0.05, 0) is 48.6 Å². The van der Waals surface area contributed by atoms with Gasteiger partial charge in [0.2, 0.25) is 0 Å². The van der Waals surface area contributed by atoms with Gasteiger partial charge in [-0.1, -0.05) is 22.0 Å². The Labute approximate surface area is 131 Å². The number of nitrogens with one attached hydrogen (secondary N) is 1. The SMILES string of the molecule is CN(C)c1cccc(-n2c(=S)[nH]c3ccc(Br)cc32)c1. The third-order valence-electron chi connectivity index (χ3n) is 3.25. The Bertz CT molecular complexity index is 832. The number of imidazole rings is 1. The van der Waals surface area contributed by atoms with Crippen LogP contribution in [0.3, 0.4) is 0 Å². The number of H-pyrrole nitrogens is 1. The van der Waals surface area contributed by atoms with Crippen LogP contribution in [0.2, 0.25) is 0 Å². The zero-order valence-corrected chi connectivity index (χ0v) is 13.6. The Morgan fingerprint density at radius 2 is 1.95 bits per heavy atom. The summed E-state index contributed by atoms with van der Waals surface area (Å²) in [5, 5.41) is 0. The van der Waals surface area contributed by atoms with E-state index in [9.17, 15) is 0 Å². The van der Waals surface area contributed by atoms with Crippen molar-refractivity contribution in [1.29, 1.82) is 0 Å². The van der Waals surface area contributed by atoms with Gasteiger partial charge in [-0.3, -0.25) is 4.57 Å². The molecule has 3 nitrogen and oxygen atoms in total. The van der Waals surface area contributed by atoms with Crippen molar-refractivity contribution in [3.63, 3.8) is 0 Å². The first-order valence-electron chi connectivity index (χ1n) is 6.24. The van der Waals surface area contributed by atoms with Gasteiger partial charge in [-0.15, -0.1) is 0 Å². The lowest BCUT2D eigenvalue weighted by atomic mass is 10.2. The fraction of sp³-hybridized carbons (Fsp3) is 0.133. The number of fused-ring (bicyclic) bond motifs is 1. The lowest BCUT2D eigenvalue weighted by Gasteiger charge is -2.14. The summed E-state index contributed by atoms with van der Waals surface area (Å²) in [5.74, 6) is 0. The number of anilines is 1. The number of hydrogen-bond acceptors (Lipinski definition) is 2. The molecular weight excluding hydrogens is 334 g/mol. The van der Waals surface area contributed by atoms with Gasteiger partial charge in [0.25, 0.3) is 0 Å². The summed E-state index contributed by atoms with van der Waals surface area (Å²) in [6, 6.07) is 14.4. The van der Waals surface area contributed by atoms with Gasteiger partial charge in [0.15, 0.2) is 4.77 Å². The van der Waals surface area contributed by atoms with Crippen molar-refractivity contribution in [2.75, 3.05) is 19.0 Å². The number of hydrogen-bond donors (Lipinski definition) is 1. The summed E-state index contributed by atoms with van der Waals surface area (Å²) in [5.41, 5.74) is 4.31. The van der Waals surface area contributed by atoms with E-state index >= 15 is 0 Å². The van der Waals surface area contributed by atoms with Crippen LogP contribution in [0.5, 0.6) is 0 Å². The molecule has 0 unspecified atom stereocenters. The van der Waals surface area contributed by atoms with E-state index < -0.39 is 0 Å². The first-order valence-corrected chi connectivity index (χ1v) is 7.44. The van der Waals surface area contributed by atoms with E-state index in [4.69, 9.17) is 12.2 Å². The summed E-state index contributed by atoms with van der Waals surface area (Å²) in [4.78, 5) is 5.33. The van der Waals surface area contributed by atoms with Crippen LogP contribution in [0.1, 0.15) is 0 Å². The molecule has 5 heteroatoms. The van der Waals surface area contributed by atoms with E-state index in [-0.39, 0.29) is 0 Å². The van der Waals surface area contributed by atoms with Crippen LogP contribution in [-0.2, 0) is 0 Å². The molecular formula is C15H14BrN3S. The molecule has 1 heterocycles. The Balaban J connectivity index is 2.29. The van der Waals surface area contributed by atoms with Crippen LogP contribution in [0.4, 0.5) is 5.69 Å². The Morgan fingerprint density at radius 3 is 2.70 bits per heavy atom. The van der Waals surface area contributed by atoms with Gasteiger partial charge in [-0.25, -0.2) is 0 Å². The number of halogens is 1. The van der Waals surface area contributed by atoms with Gasteiger partial charge in [0.05, 0.1) is 16.7 Å². The average Bonchev–Trinajstić information content (AvgIpc) is 2.74. The lowest BCUT2D eigenvalue weighted by molar-refractivity contribution is 1.05. The highest BCUT2D eigenvalue weighted by Gasteiger charge is 2.08. The molecule has 0 amide bonds. The predicted molar refractivity (Wildman–Crippen MR) is 90.5 cm³/mol. The number of nitrogens with zero attached hydrogens (tertiary/aromatic N) is 2. The Morgan fingerprint density at radius 1 is 1.15 bits per heavy atom. The van der Waals surface area contributed by atoms with Crippen molar-refractivity contribution < 1.29 is 0 Å². The van der Waals surface area contributed by atoms with Crippen LogP contribution in [0.15, 0.2) is 46.9 Å². The minimum Gasteiger partial charge on any atom is -0.378 e. The van der Waals surface area contributed by atoms with Gasteiger partial charge in [0.1, 0.15) is 0 Å². The second kappa shape index (κ2) is 5.07. The molecule has 3 aromatic rings. The predicted octanol–water partition coefficient (Wildman–Crippen LogP) is 4.52. The number of rotatable bonds is 2. The van der Waals surface area contributed by atoms with E-state index in [1.54, 1.807) is 0 Å². The molecule has 0 fully saturated rings. The third-order valence-corrected chi connectivity index (χ3v) is 4.03. The molecule has 2 aromatic carbocycles. The minimum atomic E-state index is 0.703. The Hall–Kier alpha value is -1.59. The van der Waals surface area contributed by atoms with Crippen LogP contribution in [0, 0.1) is 4.77 Å². The summed E-state index contributed by atoms with van der Waals surface area (Å²) < 4.78 is 3.80. The largest absolute Gasteiger partial charge is 0.378 e. The van der Waals surface area contributed by atoms with Crippen LogP contribution in [-0.4, -0.2) is 23.6 Å². The smallest absolute Gasteiger partial charge is 0.182 e. The molecule has 20 heavy (non-hydrogen) atoms. The standard InChI is InChI=1S/C15H14BrN3S/c1-18(2)11-4-3-5-12(9-11)19-14-8-10(16)6-7-13(14)17-15(19)20/h3-9H,1-2H3,(H,17,20). The molecule has 0 aliphatic carbocycles. The normalized spacial score (nSPS) is 10.9. The molecule has 0 spiro atoms. The molecule has 0 saturated carbocycles. The van der Waals surface area contributed by atoms with Crippen LogP contribution < -0.4 is 4.90 Å².